The fourth-order valence-electron chi connectivity index (χ4n) is 2.14. The molecule has 0 spiro atoms. The zero-order chi connectivity index (χ0) is 10.3. The summed E-state index contributed by atoms with van der Waals surface area (Å²) in [7, 11) is 0. The second kappa shape index (κ2) is 3.06. The van der Waals surface area contributed by atoms with Gasteiger partial charge in [-0.1, -0.05) is 48.6 Å². The van der Waals surface area contributed by atoms with Gasteiger partial charge in [0, 0.05) is 17.7 Å². The van der Waals surface area contributed by atoms with Crippen molar-refractivity contribution in [3.05, 3.63) is 53.6 Å². The molecule has 0 heterocycles. The van der Waals surface area contributed by atoms with Gasteiger partial charge in [0.25, 0.3) is 0 Å². The van der Waals surface area contributed by atoms with Crippen LogP contribution in [0.5, 0.6) is 0 Å². The molecule has 2 aromatic carbocycles. The molecule has 1 N–H and O–H groups in total. The summed E-state index contributed by atoms with van der Waals surface area (Å²) in [5.41, 5.74) is 3.00. The Hall–Kier alpha value is -1.89. The smallest absolute Gasteiger partial charge is 0.0430 e. The van der Waals surface area contributed by atoms with Crippen molar-refractivity contribution in [2.24, 2.45) is 0 Å². The highest BCUT2D eigenvalue weighted by atomic mass is 14.4. The van der Waals surface area contributed by atoms with Gasteiger partial charge in [0.1, 0.15) is 0 Å². The fraction of sp³-hybridized carbons (Fsp3) is 0.0714. The van der Waals surface area contributed by atoms with Crippen LogP contribution in [0.2, 0.25) is 0 Å². The van der Waals surface area contributed by atoms with Gasteiger partial charge in [-0.15, -0.1) is 0 Å². The van der Waals surface area contributed by atoms with E-state index in [0.29, 0.717) is 0 Å². The van der Waals surface area contributed by atoms with Gasteiger partial charge in [0.2, 0.25) is 0 Å². The Labute approximate surface area is 88.6 Å². The average Bonchev–Trinajstić information content (AvgIpc) is 2.29. The van der Waals surface area contributed by atoms with Crippen LogP contribution in [0.3, 0.4) is 0 Å². The van der Waals surface area contributed by atoms with Crippen LogP contribution in [0.15, 0.2) is 42.5 Å². The summed E-state index contributed by atoms with van der Waals surface area (Å²) in [6.45, 7) is 0. The number of nitrogens with one attached hydrogen (secondary N) is 1. The van der Waals surface area contributed by atoms with Crippen LogP contribution >= 0.6 is 0 Å². The summed E-state index contributed by atoms with van der Waals surface area (Å²) in [5, 5.41) is 10.4. The quantitative estimate of drug-likeness (QED) is 0.660. The highest BCUT2D eigenvalue weighted by Gasteiger charge is 2.11. The molecule has 2 aromatic rings. The van der Waals surface area contributed by atoms with E-state index < -0.39 is 0 Å². The third-order valence-corrected chi connectivity index (χ3v) is 2.90. The molecule has 0 bridgehead atoms. The highest BCUT2D eigenvalue weighted by Crippen LogP contribution is 2.27. The molecule has 0 saturated carbocycles. The van der Waals surface area contributed by atoms with Gasteiger partial charge in [-0.25, -0.2) is 0 Å². The maximum atomic E-state index is 7.89. The zero-order valence-electron chi connectivity index (χ0n) is 8.33. The van der Waals surface area contributed by atoms with Crippen LogP contribution in [0.25, 0.3) is 16.8 Å². The standard InChI is InChI=1S/C14H11N/c15-14-7-3-6-12-11-5-2-1-4-10(11)8-9-13(12)14/h1-6,8-9,15H,7H2. The first-order valence-electron chi connectivity index (χ1n) is 5.12. The van der Waals surface area contributed by atoms with Gasteiger partial charge in [-0.2, -0.15) is 0 Å². The second-order valence-corrected chi connectivity index (χ2v) is 3.83. The van der Waals surface area contributed by atoms with E-state index in [1.807, 2.05) is 6.07 Å². The van der Waals surface area contributed by atoms with E-state index in [0.717, 1.165) is 17.7 Å². The fourth-order valence-corrected chi connectivity index (χ4v) is 2.14. The highest BCUT2D eigenvalue weighted by molar-refractivity contribution is 6.09. The third-order valence-electron chi connectivity index (χ3n) is 2.90. The molecule has 0 radical (unpaired) electrons. The molecule has 1 aliphatic carbocycles. The Balaban J connectivity index is 2.44. The van der Waals surface area contributed by atoms with Crippen molar-refractivity contribution in [2.75, 3.05) is 0 Å². The van der Waals surface area contributed by atoms with Crippen molar-refractivity contribution in [1.82, 2.24) is 0 Å². The number of hydrogen-bond donors (Lipinski definition) is 1. The van der Waals surface area contributed by atoms with Crippen LogP contribution in [0, 0.1) is 5.41 Å². The summed E-state index contributed by atoms with van der Waals surface area (Å²) in [4.78, 5) is 0. The lowest BCUT2D eigenvalue weighted by Crippen LogP contribution is -2.04. The van der Waals surface area contributed by atoms with Crippen molar-refractivity contribution in [3.8, 4) is 0 Å². The number of fused-ring (bicyclic) bond motifs is 3. The molecular weight excluding hydrogens is 182 g/mol. The number of allylic oxidation sites excluding steroid dienone is 1. The minimum absolute atomic E-state index is 0.721. The molecule has 0 aliphatic heterocycles. The minimum atomic E-state index is 0.721. The Bertz CT molecular complexity index is 579. The lowest BCUT2D eigenvalue weighted by Gasteiger charge is -2.13. The van der Waals surface area contributed by atoms with E-state index in [2.05, 4.69) is 42.5 Å². The van der Waals surface area contributed by atoms with Gasteiger partial charge in [-0.05, 0) is 16.3 Å². The maximum Gasteiger partial charge on any atom is 0.0430 e. The first-order chi connectivity index (χ1) is 7.36. The van der Waals surface area contributed by atoms with Crippen molar-refractivity contribution in [1.29, 1.82) is 5.41 Å². The second-order valence-electron chi connectivity index (χ2n) is 3.83. The molecule has 0 amide bonds. The number of rotatable bonds is 0. The Morgan fingerprint density at radius 2 is 1.87 bits per heavy atom. The number of hydrogen-bond acceptors (Lipinski definition) is 1. The lowest BCUT2D eigenvalue weighted by atomic mass is 9.91. The Morgan fingerprint density at radius 1 is 1.00 bits per heavy atom. The summed E-state index contributed by atoms with van der Waals surface area (Å²) >= 11 is 0. The van der Waals surface area contributed by atoms with E-state index in [4.69, 9.17) is 5.41 Å². The Kier molecular flexibility index (Phi) is 1.72. The summed E-state index contributed by atoms with van der Waals surface area (Å²) in [6.07, 6.45) is 4.96. The molecule has 1 nitrogen and oxygen atoms in total. The molecular formula is C14H11N. The monoisotopic (exact) mass is 193 g/mol. The van der Waals surface area contributed by atoms with Crippen LogP contribution in [0.1, 0.15) is 17.5 Å². The largest absolute Gasteiger partial charge is 0.304 e. The van der Waals surface area contributed by atoms with E-state index >= 15 is 0 Å². The van der Waals surface area contributed by atoms with Gasteiger partial charge >= 0.3 is 0 Å². The summed E-state index contributed by atoms with van der Waals surface area (Å²) in [6, 6.07) is 12.5. The molecule has 0 fully saturated rings. The first-order valence-corrected chi connectivity index (χ1v) is 5.12. The van der Waals surface area contributed by atoms with Gasteiger partial charge in [0.05, 0.1) is 0 Å². The van der Waals surface area contributed by atoms with Gasteiger partial charge < -0.3 is 5.41 Å². The van der Waals surface area contributed by atoms with Crippen LogP contribution < -0.4 is 0 Å². The van der Waals surface area contributed by atoms with Gasteiger partial charge in [-0.3, -0.25) is 0 Å². The predicted octanol–water partition coefficient (Wildman–Crippen LogP) is 3.62. The van der Waals surface area contributed by atoms with Crippen molar-refractivity contribution >= 4 is 22.6 Å². The third kappa shape index (κ3) is 1.20. The number of benzene rings is 2. The molecule has 72 valence electrons. The van der Waals surface area contributed by atoms with Crippen LogP contribution in [0.4, 0.5) is 0 Å². The van der Waals surface area contributed by atoms with Crippen LogP contribution in [-0.2, 0) is 0 Å². The van der Waals surface area contributed by atoms with Crippen molar-refractivity contribution in [3.63, 3.8) is 0 Å². The van der Waals surface area contributed by atoms with Crippen LogP contribution in [-0.4, -0.2) is 5.71 Å². The molecule has 1 heteroatoms. The average molecular weight is 193 g/mol. The summed E-state index contributed by atoms with van der Waals surface area (Å²) < 4.78 is 0. The van der Waals surface area contributed by atoms with Gasteiger partial charge in [0.15, 0.2) is 0 Å². The van der Waals surface area contributed by atoms with E-state index in [1.165, 1.54) is 16.3 Å². The SMILES string of the molecule is N=C1CC=Cc2c1ccc1ccccc21. The molecule has 1 aliphatic rings. The molecule has 0 unspecified atom stereocenters. The minimum Gasteiger partial charge on any atom is -0.304 e. The normalized spacial score (nSPS) is 14.3. The predicted molar refractivity (Wildman–Crippen MR) is 64.4 cm³/mol. The zero-order valence-corrected chi connectivity index (χ0v) is 8.33. The molecule has 15 heavy (non-hydrogen) atoms. The molecule has 0 saturated heterocycles. The lowest BCUT2D eigenvalue weighted by molar-refractivity contribution is 1.34. The summed E-state index contributed by atoms with van der Waals surface area (Å²) in [5.74, 6) is 0. The Morgan fingerprint density at radius 3 is 2.80 bits per heavy atom. The molecule has 0 atom stereocenters. The molecule has 3 rings (SSSR count). The topological polar surface area (TPSA) is 23.9 Å². The first kappa shape index (κ1) is 8.42. The van der Waals surface area contributed by atoms with Crippen molar-refractivity contribution in [2.45, 2.75) is 6.42 Å². The molecule has 0 aromatic heterocycles. The van der Waals surface area contributed by atoms with E-state index in [-0.39, 0.29) is 0 Å². The maximum absolute atomic E-state index is 7.89. The van der Waals surface area contributed by atoms with Crippen molar-refractivity contribution < 1.29 is 0 Å². The van der Waals surface area contributed by atoms with E-state index in [9.17, 15) is 0 Å². The van der Waals surface area contributed by atoms with E-state index in [1.54, 1.807) is 0 Å².